The number of carbonyl (C=O) groups is 1. The van der Waals surface area contributed by atoms with E-state index in [1.54, 1.807) is 18.4 Å². The van der Waals surface area contributed by atoms with Gasteiger partial charge in [0.1, 0.15) is 10.8 Å². The van der Waals surface area contributed by atoms with E-state index in [4.69, 9.17) is 4.74 Å². The Morgan fingerprint density at radius 1 is 1.12 bits per heavy atom. The average Bonchev–Trinajstić information content (AvgIpc) is 3.01. The van der Waals surface area contributed by atoms with Crippen LogP contribution in [0.3, 0.4) is 0 Å². The normalized spacial score (nSPS) is 10.5. The monoisotopic (exact) mass is 352 g/mol. The number of amides is 1. The summed E-state index contributed by atoms with van der Waals surface area (Å²) in [4.78, 5) is 17.9. The number of nitrogens with zero attached hydrogens (tertiary/aromatic N) is 1. The van der Waals surface area contributed by atoms with Crippen molar-refractivity contribution in [2.75, 3.05) is 7.11 Å². The predicted octanol–water partition coefficient (Wildman–Crippen LogP) is 3.99. The van der Waals surface area contributed by atoms with E-state index in [9.17, 15) is 4.79 Å². The molecule has 25 heavy (non-hydrogen) atoms. The van der Waals surface area contributed by atoms with Crippen LogP contribution in [-0.2, 0) is 17.8 Å². The summed E-state index contributed by atoms with van der Waals surface area (Å²) in [6, 6.07) is 17.7. The molecule has 1 N–H and O–H groups in total. The summed E-state index contributed by atoms with van der Waals surface area (Å²) in [5.41, 5.74) is 2.96. The molecule has 1 amide bonds. The summed E-state index contributed by atoms with van der Waals surface area (Å²) in [6.07, 6.45) is 0.339. The van der Waals surface area contributed by atoms with Crippen LogP contribution in [0.15, 0.2) is 54.6 Å². The van der Waals surface area contributed by atoms with Crippen molar-refractivity contribution >= 4 is 17.2 Å². The summed E-state index contributed by atoms with van der Waals surface area (Å²) in [6.45, 7) is 2.40. The molecule has 0 spiro atoms. The highest BCUT2D eigenvalue weighted by molar-refractivity contribution is 7.15. The number of para-hydroxylation sites is 1. The zero-order chi connectivity index (χ0) is 17.6. The number of nitrogens with one attached hydrogen (secondary N) is 1. The first kappa shape index (κ1) is 17.2. The SMILES string of the molecule is COc1ccccc1CNC(=O)Cc1sc(-c2ccccc2)nc1C. The lowest BCUT2D eigenvalue weighted by atomic mass is 10.2. The average molecular weight is 352 g/mol. The minimum atomic E-state index is -0.0164. The second-order valence-corrected chi connectivity index (χ2v) is 6.74. The van der Waals surface area contributed by atoms with Gasteiger partial charge in [0.05, 0.1) is 19.2 Å². The zero-order valence-corrected chi connectivity index (χ0v) is 15.1. The molecule has 0 fully saturated rings. The topological polar surface area (TPSA) is 51.2 Å². The highest BCUT2D eigenvalue weighted by atomic mass is 32.1. The maximum Gasteiger partial charge on any atom is 0.225 e. The number of benzene rings is 2. The first-order valence-electron chi connectivity index (χ1n) is 8.07. The Labute approximate surface area is 151 Å². The van der Waals surface area contributed by atoms with Crippen molar-refractivity contribution in [3.05, 3.63) is 70.7 Å². The molecule has 5 heteroatoms. The van der Waals surface area contributed by atoms with Gasteiger partial charge in [0.2, 0.25) is 5.91 Å². The molecule has 128 valence electrons. The van der Waals surface area contributed by atoms with Gasteiger partial charge in [-0.15, -0.1) is 11.3 Å². The summed E-state index contributed by atoms with van der Waals surface area (Å²) < 4.78 is 5.31. The van der Waals surface area contributed by atoms with Crippen molar-refractivity contribution in [3.8, 4) is 16.3 Å². The third kappa shape index (κ3) is 4.25. The molecule has 0 saturated carbocycles. The maximum atomic E-state index is 12.3. The standard InChI is InChI=1S/C20H20N2O2S/c1-14-18(25-20(22-14)15-8-4-3-5-9-15)12-19(23)21-13-16-10-6-7-11-17(16)24-2/h3-11H,12-13H2,1-2H3,(H,21,23). The second kappa shape index (κ2) is 7.94. The van der Waals surface area contributed by atoms with Crippen molar-refractivity contribution in [3.63, 3.8) is 0 Å². The molecular formula is C20H20N2O2S. The number of methoxy groups -OCH3 is 1. The predicted molar refractivity (Wildman–Crippen MR) is 101 cm³/mol. The van der Waals surface area contributed by atoms with E-state index in [2.05, 4.69) is 10.3 Å². The van der Waals surface area contributed by atoms with Gasteiger partial charge < -0.3 is 10.1 Å². The molecular weight excluding hydrogens is 332 g/mol. The van der Waals surface area contributed by atoms with E-state index in [0.29, 0.717) is 13.0 Å². The van der Waals surface area contributed by atoms with Crippen LogP contribution in [0.25, 0.3) is 10.6 Å². The van der Waals surface area contributed by atoms with Gasteiger partial charge >= 0.3 is 0 Å². The molecule has 1 heterocycles. The van der Waals surface area contributed by atoms with Crippen LogP contribution in [0.4, 0.5) is 0 Å². The van der Waals surface area contributed by atoms with Crippen molar-refractivity contribution in [2.24, 2.45) is 0 Å². The van der Waals surface area contributed by atoms with E-state index in [1.807, 2.05) is 61.5 Å². The number of thiazole rings is 1. The van der Waals surface area contributed by atoms with Gasteiger partial charge in [0.15, 0.2) is 0 Å². The van der Waals surface area contributed by atoms with E-state index < -0.39 is 0 Å². The molecule has 4 nitrogen and oxygen atoms in total. The summed E-state index contributed by atoms with van der Waals surface area (Å²) in [5, 5.41) is 3.91. The Morgan fingerprint density at radius 2 is 1.84 bits per heavy atom. The maximum absolute atomic E-state index is 12.3. The molecule has 0 saturated heterocycles. The molecule has 1 aromatic heterocycles. The fraction of sp³-hybridized carbons (Fsp3) is 0.200. The number of rotatable bonds is 6. The molecule has 0 unspecified atom stereocenters. The van der Waals surface area contributed by atoms with Gasteiger partial charge in [-0.05, 0) is 13.0 Å². The summed E-state index contributed by atoms with van der Waals surface area (Å²) >= 11 is 1.57. The molecule has 3 rings (SSSR count). The smallest absolute Gasteiger partial charge is 0.225 e. The number of aromatic nitrogens is 1. The molecule has 0 radical (unpaired) electrons. The highest BCUT2D eigenvalue weighted by Crippen LogP contribution is 2.28. The summed E-state index contributed by atoms with van der Waals surface area (Å²) in [5.74, 6) is 0.764. The van der Waals surface area contributed by atoms with Gasteiger partial charge in [0.25, 0.3) is 0 Å². The fourth-order valence-electron chi connectivity index (χ4n) is 2.55. The molecule has 0 aliphatic heterocycles. The van der Waals surface area contributed by atoms with Crippen LogP contribution in [0.5, 0.6) is 5.75 Å². The number of ether oxygens (including phenoxy) is 1. The van der Waals surface area contributed by atoms with Gasteiger partial charge in [-0.2, -0.15) is 0 Å². The lowest BCUT2D eigenvalue weighted by Crippen LogP contribution is -2.24. The van der Waals surface area contributed by atoms with E-state index in [0.717, 1.165) is 32.5 Å². The van der Waals surface area contributed by atoms with E-state index in [-0.39, 0.29) is 5.91 Å². The van der Waals surface area contributed by atoms with Crippen LogP contribution in [0.2, 0.25) is 0 Å². The summed E-state index contributed by atoms with van der Waals surface area (Å²) in [7, 11) is 1.63. The molecule has 0 aliphatic rings. The number of carbonyl (C=O) groups excluding carboxylic acids is 1. The van der Waals surface area contributed by atoms with Crippen molar-refractivity contribution < 1.29 is 9.53 Å². The molecule has 2 aromatic carbocycles. The zero-order valence-electron chi connectivity index (χ0n) is 14.3. The van der Waals surface area contributed by atoms with Crippen molar-refractivity contribution in [1.29, 1.82) is 0 Å². The second-order valence-electron chi connectivity index (χ2n) is 5.66. The first-order chi connectivity index (χ1) is 12.2. The highest BCUT2D eigenvalue weighted by Gasteiger charge is 2.13. The fourth-order valence-corrected chi connectivity index (χ4v) is 3.61. The van der Waals surface area contributed by atoms with Crippen LogP contribution in [-0.4, -0.2) is 18.0 Å². The molecule has 0 atom stereocenters. The quantitative estimate of drug-likeness (QED) is 0.730. The minimum absolute atomic E-state index is 0.0164. The Morgan fingerprint density at radius 3 is 2.60 bits per heavy atom. The van der Waals surface area contributed by atoms with E-state index in [1.165, 1.54) is 0 Å². The van der Waals surface area contributed by atoms with E-state index >= 15 is 0 Å². The Balaban J connectivity index is 1.64. The third-order valence-corrected chi connectivity index (χ3v) is 5.11. The van der Waals surface area contributed by atoms with Gasteiger partial charge in [-0.1, -0.05) is 48.5 Å². The Hall–Kier alpha value is -2.66. The van der Waals surface area contributed by atoms with Gasteiger partial charge in [-0.25, -0.2) is 4.98 Å². The lowest BCUT2D eigenvalue weighted by molar-refractivity contribution is -0.120. The third-order valence-electron chi connectivity index (χ3n) is 3.90. The molecule has 0 bridgehead atoms. The largest absolute Gasteiger partial charge is 0.496 e. The number of hydrogen-bond acceptors (Lipinski definition) is 4. The van der Waals surface area contributed by atoms with Crippen LogP contribution in [0, 0.1) is 6.92 Å². The Bertz CT molecular complexity index is 859. The minimum Gasteiger partial charge on any atom is -0.496 e. The van der Waals surface area contributed by atoms with Crippen molar-refractivity contribution in [1.82, 2.24) is 10.3 Å². The van der Waals surface area contributed by atoms with Crippen LogP contribution in [0.1, 0.15) is 16.1 Å². The van der Waals surface area contributed by atoms with Crippen LogP contribution < -0.4 is 10.1 Å². The van der Waals surface area contributed by atoms with Gasteiger partial charge in [0, 0.05) is 22.5 Å². The van der Waals surface area contributed by atoms with Gasteiger partial charge in [-0.3, -0.25) is 4.79 Å². The molecule has 3 aromatic rings. The van der Waals surface area contributed by atoms with Crippen molar-refractivity contribution in [2.45, 2.75) is 19.9 Å². The molecule has 0 aliphatic carbocycles. The number of hydrogen-bond donors (Lipinski definition) is 1. The Kier molecular flexibility index (Phi) is 5.46. The number of aryl methyl sites for hydroxylation is 1. The first-order valence-corrected chi connectivity index (χ1v) is 8.89. The van der Waals surface area contributed by atoms with Crippen LogP contribution >= 0.6 is 11.3 Å². The lowest BCUT2D eigenvalue weighted by Gasteiger charge is -2.09.